The van der Waals surface area contributed by atoms with Gasteiger partial charge in [-0.05, 0) is 41.6 Å². The number of aromatic nitrogens is 5. The third-order valence-corrected chi connectivity index (χ3v) is 5.84. The quantitative estimate of drug-likeness (QED) is 0.693. The minimum absolute atomic E-state index is 0.298. The van der Waals surface area contributed by atoms with E-state index in [0.717, 1.165) is 27.5 Å². The van der Waals surface area contributed by atoms with Gasteiger partial charge in [-0.15, -0.1) is 21.5 Å². The number of fused-ring (bicyclic) bond motifs is 1. The fourth-order valence-electron chi connectivity index (χ4n) is 1.80. The maximum absolute atomic E-state index is 11.6. The second kappa shape index (κ2) is 5.94. The van der Waals surface area contributed by atoms with Crippen LogP contribution in [0.4, 0.5) is 0 Å². The molecule has 0 aliphatic heterocycles. The molecule has 0 aliphatic rings. The van der Waals surface area contributed by atoms with Gasteiger partial charge in [-0.2, -0.15) is 4.80 Å². The third-order valence-electron chi connectivity index (χ3n) is 2.81. The van der Waals surface area contributed by atoms with E-state index in [4.69, 9.17) is 0 Å². The van der Waals surface area contributed by atoms with Crippen molar-refractivity contribution >= 4 is 43.2 Å². The van der Waals surface area contributed by atoms with Gasteiger partial charge in [0.25, 0.3) is 0 Å². The molecule has 0 bridgehead atoms. The molecule has 0 radical (unpaired) electrons. The zero-order valence-corrected chi connectivity index (χ0v) is 14.4. The van der Waals surface area contributed by atoms with Gasteiger partial charge in [0.1, 0.15) is 0 Å². The molecular weight excluding hydrogens is 342 g/mol. The molecule has 0 N–H and O–H groups in total. The van der Waals surface area contributed by atoms with Crippen LogP contribution >= 0.6 is 23.1 Å². The van der Waals surface area contributed by atoms with Crippen molar-refractivity contribution in [3.05, 3.63) is 18.2 Å². The van der Waals surface area contributed by atoms with E-state index in [1.807, 2.05) is 6.92 Å². The molecule has 2 heterocycles. The van der Waals surface area contributed by atoms with Crippen LogP contribution in [0.2, 0.25) is 0 Å². The maximum atomic E-state index is 11.6. The molecule has 3 rings (SSSR count). The average molecular weight is 355 g/mol. The number of aryl methyl sites for hydroxylation is 1. The van der Waals surface area contributed by atoms with Crippen LogP contribution in [0.3, 0.4) is 0 Å². The third kappa shape index (κ3) is 3.28. The molecule has 0 aliphatic carbocycles. The summed E-state index contributed by atoms with van der Waals surface area (Å²) in [6, 6.07) is 4.93. The van der Waals surface area contributed by atoms with E-state index in [9.17, 15) is 8.42 Å². The highest BCUT2D eigenvalue weighted by Crippen LogP contribution is 2.33. The maximum Gasteiger partial charge on any atom is 0.238 e. The first-order valence-electron chi connectivity index (χ1n) is 6.52. The largest absolute Gasteiger partial charge is 0.238 e. The Morgan fingerprint density at radius 2 is 2.18 bits per heavy atom. The lowest BCUT2D eigenvalue weighted by Gasteiger charge is -1.96. The van der Waals surface area contributed by atoms with Crippen LogP contribution in [0, 0.1) is 0 Å². The van der Waals surface area contributed by atoms with E-state index in [-0.39, 0.29) is 0 Å². The second-order valence-electron chi connectivity index (χ2n) is 4.65. The van der Waals surface area contributed by atoms with Crippen molar-refractivity contribution in [1.29, 1.82) is 0 Å². The van der Waals surface area contributed by atoms with Gasteiger partial charge in [-0.3, -0.25) is 0 Å². The first-order valence-corrected chi connectivity index (χ1v) is 10.0. The lowest BCUT2D eigenvalue weighted by atomic mass is 10.3. The lowest BCUT2D eigenvalue weighted by Crippen LogP contribution is -2.00. The Morgan fingerprint density at radius 3 is 2.91 bits per heavy atom. The van der Waals surface area contributed by atoms with Crippen LogP contribution in [-0.4, -0.2) is 39.9 Å². The Kier molecular flexibility index (Phi) is 4.15. The van der Waals surface area contributed by atoms with Gasteiger partial charge in [0, 0.05) is 6.26 Å². The molecule has 0 saturated heterocycles. The highest BCUT2D eigenvalue weighted by molar-refractivity contribution is 8.01. The van der Waals surface area contributed by atoms with Gasteiger partial charge in [0.15, 0.2) is 14.2 Å². The molecular formula is C12H13N5O2S3. The Hall–Kier alpha value is -1.52. The molecule has 0 unspecified atom stereocenters. The summed E-state index contributed by atoms with van der Waals surface area (Å²) in [6.45, 7) is 2.77. The number of hydrogen-bond donors (Lipinski definition) is 0. The molecule has 0 amide bonds. The Morgan fingerprint density at radius 1 is 1.36 bits per heavy atom. The van der Waals surface area contributed by atoms with Gasteiger partial charge in [0.2, 0.25) is 5.16 Å². The number of sulfone groups is 1. The van der Waals surface area contributed by atoms with Crippen molar-refractivity contribution in [2.75, 3.05) is 6.26 Å². The number of rotatable bonds is 5. The molecule has 0 spiro atoms. The molecule has 0 saturated carbocycles. The van der Waals surface area contributed by atoms with Gasteiger partial charge in [0.05, 0.1) is 21.7 Å². The van der Waals surface area contributed by atoms with E-state index in [1.165, 1.54) is 29.4 Å². The Balaban J connectivity index is 1.88. The van der Waals surface area contributed by atoms with Crippen LogP contribution < -0.4 is 0 Å². The number of thiazole rings is 1. The summed E-state index contributed by atoms with van der Waals surface area (Å²) in [7, 11) is -3.21. The van der Waals surface area contributed by atoms with E-state index >= 15 is 0 Å². The Bertz CT molecular complexity index is 916. The molecule has 1 aromatic carbocycles. The molecule has 7 nitrogen and oxygen atoms in total. The summed E-state index contributed by atoms with van der Waals surface area (Å²) in [5, 5.41) is 12.7. The minimum atomic E-state index is -3.21. The van der Waals surface area contributed by atoms with E-state index in [1.54, 1.807) is 23.0 Å². The number of nitrogens with zero attached hydrogens (tertiary/aromatic N) is 5. The van der Waals surface area contributed by atoms with Crippen molar-refractivity contribution in [3.63, 3.8) is 0 Å². The van der Waals surface area contributed by atoms with Crippen molar-refractivity contribution in [3.8, 4) is 0 Å². The summed E-state index contributed by atoms with van der Waals surface area (Å²) in [6.07, 6.45) is 2.14. The molecule has 22 heavy (non-hydrogen) atoms. The molecule has 2 aromatic heterocycles. The zero-order valence-electron chi connectivity index (χ0n) is 11.9. The predicted molar refractivity (Wildman–Crippen MR) is 85.0 cm³/mol. The summed E-state index contributed by atoms with van der Waals surface area (Å²) in [4.78, 5) is 6.31. The molecule has 116 valence electrons. The van der Waals surface area contributed by atoms with Gasteiger partial charge >= 0.3 is 0 Å². The minimum Gasteiger partial charge on any atom is -0.229 e. The highest BCUT2D eigenvalue weighted by atomic mass is 32.2. The zero-order chi connectivity index (χ0) is 15.7. The number of benzene rings is 1. The van der Waals surface area contributed by atoms with Crippen molar-refractivity contribution in [2.24, 2.45) is 0 Å². The predicted octanol–water partition coefficient (Wildman–Crippen LogP) is 2.25. The topological polar surface area (TPSA) is 90.6 Å². The summed E-state index contributed by atoms with van der Waals surface area (Å²) >= 11 is 2.74. The highest BCUT2D eigenvalue weighted by Gasteiger charge is 2.13. The monoisotopic (exact) mass is 355 g/mol. The fourth-order valence-corrected chi connectivity index (χ4v) is 4.43. The number of tetrazole rings is 1. The normalized spacial score (nSPS) is 12.1. The van der Waals surface area contributed by atoms with Crippen molar-refractivity contribution in [2.45, 2.75) is 34.3 Å². The van der Waals surface area contributed by atoms with Gasteiger partial charge < -0.3 is 0 Å². The summed E-state index contributed by atoms with van der Waals surface area (Å²) in [5.74, 6) is 0. The van der Waals surface area contributed by atoms with Gasteiger partial charge in [-0.1, -0.05) is 6.92 Å². The summed E-state index contributed by atoms with van der Waals surface area (Å²) < 4.78 is 24.8. The second-order valence-corrected chi connectivity index (χ2v) is 8.91. The van der Waals surface area contributed by atoms with Crippen molar-refractivity contribution < 1.29 is 8.42 Å². The summed E-state index contributed by atoms with van der Waals surface area (Å²) in [5.41, 5.74) is 0.765. The molecule has 10 heteroatoms. The van der Waals surface area contributed by atoms with Crippen molar-refractivity contribution in [1.82, 2.24) is 25.2 Å². The molecule has 0 atom stereocenters. The average Bonchev–Trinajstić information content (AvgIpc) is 3.03. The van der Waals surface area contributed by atoms with Gasteiger partial charge in [-0.25, -0.2) is 13.4 Å². The van der Waals surface area contributed by atoms with E-state index in [0.29, 0.717) is 10.1 Å². The van der Waals surface area contributed by atoms with Crippen LogP contribution in [0.5, 0.6) is 0 Å². The van der Waals surface area contributed by atoms with E-state index in [2.05, 4.69) is 20.4 Å². The van der Waals surface area contributed by atoms with Crippen LogP contribution in [-0.2, 0) is 16.4 Å². The molecule has 0 fully saturated rings. The Labute approximate surface area is 135 Å². The number of hydrogen-bond acceptors (Lipinski definition) is 8. The van der Waals surface area contributed by atoms with E-state index < -0.39 is 9.84 Å². The van der Waals surface area contributed by atoms with Crippen LogP contribution in [0.15, 0.2) is 32.6 Å². The first-order chi connectivity index (χ1) is 10.5. The van der Waals surface area contributed by atoms with Crippen LogP contribution in [0.25, 0.3) is 10.2 Å². The molecule has 3 aromatic rings. The van der Waals surface area contributed by atoms with Crippen LogP contribution in [0.1, 0.15) is 13.3 Å². The standard InChI is InChI=1S/C12H13N5O2S3/c1-3-6-17-15-11(14-16-17)21-12-13-9-5-4-8(22(2,18)19)7-10(9)20-12/h4-5,7H,3,6H2,1-2H3. The smallest absolute Gasteiger partial charge is 0.229 e. The SMILES string of the molecule is CCCn1nnc(Sc2nc3ccc(S(C)(=O)=O)cc3s2)n1. The lowest BCUT2D eigenvalue weighted by molar-refractivity contribution is 0.511. The first kappa shape index (κ1) is 15.4. The fraction of sp³-hybridized carbons (Fsp3) is 0.333.